The maximum Gasteiger partial charge on any atom is 0.241 e. The van der Waals surface area contributed by atoms with Gasteiger partial charge in [0.2, 0.25) is 5.91 Å². The third kappa shape index (κ3) is 7.31. The van der Waals surface area contributed by atoms with Gasteiger partial charge >= 0.3 is 0 Å². The third-order valence-electron chi connectivity index (χ3n) is 3.90. The average molecular weight is 343 g/mol. The number of hydrogen-bond acceptors (Lipinski definition) is 4. The molecule has 1 unspecified atom stereocenters. The van der Waals surface area contributed by atoms with Crippen LogP contribution in [0.4, 0.5) is 0 Å². The molecule has 1 saturated heterocycles. The number of carbonyl (C=O) groups is 1. The predicted molar refractivity (Wildman–Crippen MR) is 92.6 cm³/mol. The van der Waals surface area contributed by atoms with Crippen molar-refractivity contribution in [1.82, 2.24) is 5.32 Å². The van der Waals surface area contributed by atoms with E-state index in [1.807, 2.05) is 30.3 Å². The molecule has 0 aromatic heterocycles. The van der Waals surface area contributed by atoms with Crippen molar-refractivity contribution in [1.29, 1.82) is 0 Å². The van der Waals surface area contributed by atoms with Gasteiger partial charge in [-0.05, 0) is 30.7 Å². The highest BCUT2D eigenvalue weighted by molar-refractivity contribution is 5.85. The number of amides is 1. The molecule has 0 radical (unpaired) electrons. The molecule has 1 aliphatic rings. The summed E-state index contributed by atoms with van der Waals surface area (Å²) in [5.74, 6) is 0.477. The molecule has 0 bridgehead atoms. The zero-order valence-corrected chi connectivity index (χ0v) is 14.2. The van der Waals surface area contributed by atoms with Gasteiger partial charge in [0.1, 0.15) is 6.04 Å². The minimum Gasteiger partial charge on any atom is -0.381 e. The van der Waals surface area contributed by atoms with Gasteiger partial charge < -0.3 is 20.5 Å². The summed E-state index contributed by atoms with van der Waals surface area (Å²) in [6.45, 7) is 3.75. The predicted octanol–water partition coefficient (Wildman–Crippen LogP) is 2.06. The molecule has 130 valence electrons. The van der Waals surface area contributed by atoms with Crippen LogP contribution < -0.4 is 11.1 Å². The maximum atomic E-state index is 11.9. The largest absolute Gasteiger partial charge is 0.381 e. The fraction of sp³-hybridized carbons (Fsp3) is 0.588. The molecule has 6 heteroatoms. The fourth-order valence-corrected chi connectivity index (χ4v) is 2.47. The summed E-state index contributed by atoms with van der Waals surface area (Å²) < 4.78 is 11.0. The Hall–Kier alpha value is -1.14. The zero-order valence-electron chi connectivity index (χ0n) is 13.4. The Labute approximate surface area is 144 Å². The molecule has 5 nitrogen and oxygen atoms in total. The van der Waals surface area contributed by atoms with Crippen LogP contribution in [-0.2, 0) is 14.3 Å². The fourth-order valence-electron chi connectivity index (χ4n) is 2.47. The number of rotatable bonds is 8. The number of halogens is 1. The van der Waals surface area contributed by atoms with Crippen LogP contribution in [0.15, 0.2) is 30.3 Å². The summed E-state index contributed by atoms with van der Waals surface area (Å²) in [5.41, 5.74) is 6.75. The van der Waals surface area contributed by atoms with Crippen molar-refractivity contribution in [2.45, 2.75) is 25.3 Å². The second kappa shape index (κ2) is 11.4. The summed E-state index contributed by atoms with van der Waals surface area (Å²) in [5, 5.41) is 2.86. The summed E-state index contributed by atoms with van der Waals surface area (Å²) in [7, 11) is 0. The first-order valence-corrected chi connectivity index (χ1v) is 8.01. The van der Waals surface area contributed by atoms with Gasteiger partial charge in [0, 0.05) is 33.0 Å². The second-order valence-electron chi connectivity index (χ2n) is 5.66. The van der Waals surface area contributed by atoms with Crippen LogP contribution >= 0.6 is 12.4 Å². The first-order valence-electron chi connectivity index (χ1n) is 8.01. The van der Waals surface area contributed by atoms with Crippen molar-refractivity contribution in [2.24, 2.45) is 11.7 Å². The quantitative estimate of drug-likeness (QED) is 0.709. The van der Waals surface area contributed by atoms with E-state index in [2.05, 4.69) is 5.32 Å². The van der Waals surface area contributed by atoms with Crippen LogP contribution in [0.1, 0.15) is 30.9 Å². The van der Waals surface area contributed by atoms with Gasteiger partial charge in [0.05, 0.1) is 0 Å². The molecule has 1 amide bonds. The molecule has 0 spiro atoms. The van der Waals surface area contributed by atoms with E-state index >= 15 is 0 Å². The van der Waals surface area contributed by atoms with Crippen molar-refractivity contribution >= 4 is 18.3 Å². The average Bonchev–Trinajstić information content (AvgIpc) is 2.58. The van der Waals surface area contributed by atoms with Gasteiger partial charge in [-0.25, -0.2) is 0 Å². The molecule has 1 atom stereocenters. The lowest BCUT2D eigenvalue weighted by Gasteiger charge is -2.21. The summed E-state index contributed by atoms with van der Waals surface area (Å²) >= 11 is 0. The number of ether oxygens (including phenoxy) is 2. The Bertz CT molecular complexity index is 439. The molecule has 1 aromatic rings. The second-order valence-corrected chi connectivity index (χ2v) is 5.66. The van der Waals surface area contributed by atoms with Crippen LogP contribution in [0.25, 0.3) is 0 Å². The lowest BCUT2D eigenvalue weighted by Crippen LogP contribution is -2.35. The number of benzene rings is 1. The highest BCUT2D eigenvalue weighted by Gasteiger charge is 2.15. The smallest absolute Gasteiger partial charge is 0.241 e. The van der Waals surface area contributed by atoms with E-state index in [1.54, 1.807) is 0 Å². The number of nitrogens with two attached hydrogens (primary N) is 1. The van der Waals surface area contributed by atoms with Gasteiger partial charge in [0.25, 0.3) is 0 Å². The highest BCUT2D eigenvalue weighted by atomic mass is 35.5. The normalized spacial score (nSPS) is 16.4. The van der Waals surface area contributed by atoms with E-state index < -0.39 is 6.04 Å². The molecule has 0 saturated carbocycles. The third-order valence-corrected chi connectivity index (χ3v) is 3.90. The first kappa shape index (κ1) is 19.9. The lowest BCUT2D eigenvalue weighted by atomic mass is 10.0. The van der Waals surface area contributed by atoms with Gasteiger partial charge in [-0.3, -0.25) is 4.79 Å². The van der Waals surface area contributed by atoms with Crippen molar-refractivity contribution in [3.63, 3.8) is 0 Å². The number of hydrogen-bond donors (Lipinski definition) is 2. The molecule has 2 rings (SSSR count). The molecule has 1 heterocycles. The van der Waals surface area contributed by atoms with Gasteiger partial charge in [-0.15, -0.1) is 12.4 Å². The van der Waals surface area contributed by atoms with Crippen LogP contribution in [-0.4, -0.2) is 38.9 Å². The Kier molecular flexibility index (Phi) is 9.87. The molecule has 1 aromatic carbocycles. The molecule has 23 heavy (non-hydrogen) atoms. The first-order chi connectivity index (χ1) is 10.8. The van der Waals surface area contributed by atoms with Crippen molar-refractivity contribution < 1.29 is 14.3 Å². The SMILES string of the molecule is Cl.NC(C(=O)NCCCOCC1CCOCC1)c1ccccc1. The van der Waals surface area contributed by atoms with Crippen molar-refractivity contribution in [3.05, 3.63) is 35.9 Å². The summed E-state index contributed by atoms with van der Waals surface area (Å²) in [6.07, 6.45) is 2.97. The summed E-state index contributed by atoms with van der Waals surface area (Å²) in [6, 6.07) is 8.79. The van der Waals surface area contributed by atoms with E-state index in [1.165, 1.54) is 0 Å². The van der Waals surface area contributed by atoms with Crippen LogP contribution in [0.3, 0.4) is 0 Å². The molecule has 1 fully saturated rings. The van der Waals surface area contributed by atoms with Crippen molar-refractivity contribution in [3.8, 4) is 0 Å². The standard InChI is InChI=1S/C17H26N2O3.ClH/c18-16(15-5-2-1-3-6-15)17(20)19-9-4-10-22-13-14-7-11-21-12-8-14;/h1-3,5-6,14,16H,4,7-13,18H2,(H,19,20);1H. The van der Waals surface area contributed by atoms with E-state index in [0.717, 1.165) is 44.6 Å². The summed E-state index contributed by atoms with van der Waals surface area (Å²) in [4.78, 5) is 11.9. The minimum atomic E-state index is -0.607. The molecular formula is C17H27ClN2O3. The molecule has 0 aliphatic carbocycles. The topological polar surface area (TPSA) is 73.6 Å². The van der Waals surface area contributed by atoms with Gasteiger partial charge in [-0.1, -0.05) is 30.3 Å². The van der Waals surface area contributed by atoms with Crippen LogP contribution in [0.5, 0.6) is 0 Å². The number of carbonyl (C=O) groups excluding carboxylic acids is 1. The Morgan fingerprint density at radius 1 is 1.30 bits per heavy atom. The minimum absolute atomic E-state index is 0. The van der Waals surface area contributed by atoms with Crippen molar-refractivity contribution in [2.75, 3.05) is 33.0 Å². The van der Waals surface area contributed by atoms with Crippen LogP contribution in [0.2, 0.25) is 0 Å². The van der Waals surface area contributed by atoms with E-state index in [4.69, 9.17) is 15.2 Å². The van der Waals surface area contributed by atoms with Gasteiger partial charge in [-0.2, -0.15) is 0 Å². The van der Waals surface area contributed by atoms with Gasteiger partial charge in [0.15, 0.2) is 0 Å². The van der Waals surface area contributed by atoms with E-state index in [-0.39, 0.29) is 18.3 Å². The monoisotopic (exact) mass is 342 g/mol. The Balaban J connectivity index is 0.00000264. The zero-order chi connectivity index (χ0) is 15.6. The molecule has 3 N–H and O–H groups in total. The molecule has 1 aliphatic heterocycles. The number of nitrogens with one attached hydrogen (secondary N) is 1. The Morgan fingerprint density at radius 2 is 2.00 bits per heavy atom. The van der Waals surface area contributed by atoms with E-state index in [9.17, 15) is 4.79 Å². The lowest BCUT2D eigenvalue weighted by molar-refractivity contribution is -0.122. The molecular weight excluding hydrogens is 316 g/mol. The van der Waals surface area contributed by atoms with Crippen LogP contribution in [0, 0.1) is 5.92 Å². The van der Waals surface area contributed by atoms with E-state index in [0.29, 0.717) is 19.1 Å². The highest BCUT2D eigenvalue weighted by Crippen LogP contribution is 2.14. The maximum absolute atomic E-state index is 11.9. The Morgan fingerprint density at radius 3 is 2.70 bits per heavy atom.